The van der Waals surface area contributed by atoms with E-state index in [1.165, 1.54) is 12.1 Å². The average molecular weight is 301 g/mol. The number of rotatable bonds is 7. The maximum atomic E-state index is 13.4. The molecule has 1 unspecified atom stereocenters. The second kappa shape index (κ2) is 7.02. The Bertz CT molecular complexity index is 572. The summed E-state index contributed by atoms with van der Waals surface area (Å²) < 4.78 is 25.7. The lowest BCUT2D eigenvalue weighted by Crippen LogP contribution is -2.12. The fourth-order valence-corrected chi connectivity index (χ4v) is 2.22. The van der Waals surface area contributed by atoms with Crippen molar-refractivity contribution in [3.63, 3.8) is 0 Å². The molecule has 1 heterocycles. The number of imidazole rings is 1. The van der Waals surface area contributed by atoms with Crippen LogP contribution in [0, 0.1) is 5.82 Å². The molecule has 4 nitrogen and oxygen atoms in total. The lowest BCUT2D eigenvalue weighted by molar-refractivity contribution is 0.0667. The molecule has 0 aliphatic heterocycles. The summed E-state index contributed by atoms with van der Waals surface area (Å²) in [7, 11) is 1.63. The zero-order chi connectivity index (χ0) is 14.5. The highest BCUT2D eigenvalue weighted by Crippen LogP contribution is 2.25. The number of ether oxygens (including phenoxy) is 2. The topological polar surface area (TPSA) is 36.3 Å². The second-order valence-electron chi connectivity index (χ2n) is 4.48. The highest BCUT2D eigenvalue weighted by Gasteiger charge is 2.15. The van der Waals surface area contributed by atoms with Crippen molar-refractivity contribution in [2.75, 3.05) is 26.9 Å². The van der Waals surface area contributed by atoms with E-state index in [2.05, 4.69) is 4.98 Å². The molecule has 0 aliphatic carbocycles. The largest absolute Gasteiger partial charge is 0.382 e. The van der Waals surface area contributed by atoms with Crippen molar-refractivity contribution in [1.29, 1.82) is 0 Å². The van der Waals surface area contributed by atoms with Gasteiger partial charge in [-0.25, -0.2) is 9.37 Å². The zero-order valence-electron chi connectivity index (χ0n) is 11.6. The van der Waals surface area contributed by atoms with Crippen LogP contribution >= 0.6 is 11.6 Å². The molecule has 20 heavy (non-hydrogen) atoms. The summed E-state index contributed by atoms with van der Waals surface area (Å²) in [4.78, 5) is 4.45. The van der Waals surface area contributed by atoms with Gasteiger partial charge in [0.2, 0.25) is 0 Å². The number of nitrogens with zero attached hydrogens (tertiary/aromatic N) is 2. The van der Waals surface area contributed by atoms with Crippen molar-refractivity contribution >= 4 is 22.6 Å². The van der Waals surface area contributed by atoms with Crippen LogP contribution in [0.25, 0.3) is 11.0 Å². The Hall–Kier alpha value is -1.17. The van der Waals surface area contributed by atoms with E-state index in [0.717, 1.165) is 16.9 Å². The standard InChI is InChI=1S/C14H18ClFN2O2/c1-10(15)14-17-12-4-3-11(16)9-13(12)18(14)5-6-20-8-7-19-2/h3-4,9-10H,5-8H2,1-2H3. The predicted octanol–water partition coefficient (Wildman–Crippen LogP) is 3.14. The van der Waals surface area contributed by atoms with Crippen molar-refractivity contribution in [3.8, 4) is 0 Å². The Morgan fingerprint density at radius 2 is 2.15 bits per heavy atom. The summed E-state index contributed by atoms with van der Waals surface area (Å²) in [6.45, 7) is 4.01. The first-order chi connectivity index (χ1) is 9.63. The van der Waals surface area contributed by atoms with Crippen LogP contribution in [-0.4, -0.2) is 36.5 Å². The average Bonchev–Trinajstić information content (AvgIpc) is 2.77. The molecule has 0 bridgehead atoms. The summed E-state index contributed by atoms with van der Waals surface area (Å²) in [5.74, 6) is 0.440. The number of hydrogen-bond donors (Lipinski definition) is 0. The highest BCUT2D eigenvalue weighted by molar-refractivity contribution is 6.20. The van der Waals surface area contributed by atoms with E-state index in [0.29, 0.717) is 26.4 Å². The lowest BCUT2D eigenvalue weighted by atomic mass is 10.3. The molecule has 0 radical (unpaired) electrons. The maximum absolute atomic E-state index is 13.4. The minimum atomic E-state index is -0.285. The third kappa shape index (κ3) is 3.48. The summed E-state index contributed by atoms with van der Waals surface area (Å²) in [5, 5.41) is -0.246. The van der Waals surface area contributed by atoms with Gasteiger partial charge in [0.25, 0.3) is 0 Å². The Labute approximate surface area is 122 Å². The molecule has 1 aromatic heterocycles. The second-order valence-corrected chi connectivity index (χ2v) is 5.13. The summed E-state index contributed by atoms with van der Waals surface area (Å²) in [5.41, 5.74) is 1.48. The molecule has 0 saturated carbocycles. The maximum Gasteiger partial charge on any atom is 0.127 e. The first kappa shape index (κ1) is 15.2. The normalized spacial score (nSPS) is 13.0. The van der Waals surface area contributed by atoms with E-state index in [4.69, 9.17) is 21.1 Å². The molecule has 2 aromatic rings. The van der Waals surface area contributed by atoms with Crippen LogP contribution in [0.15, 0.2) is 18.2 Å². The molecule has 0 spiro atoms. The molecule has 0 amide bonds. The number of alkyl halides is 1. The van der Waals surface area contributed by atoms with E-state index in [1.807, 2.05) is 11.5 Å². The van der Waals surface area contributed by atoms with E-state index in [-0.39, 0.29) is 11.2 Å². The van der Waals surface area contributed by atoms with E-state index in [1.54, 1.807) is 13.2 Å². The molecule has 0 aliphatic rings. The van der Waals surface area contributed by atoms with Gasteiger partial charge in [-0.05, 0) is 25.1 Å². The van der Waals surface area contributed by atoms with Crippen LogP contribution in [0.2, 0.25) is 0 Å². The summed E-state index contributed by atoms with van der Waals surface area (Å²) >= 11 is 6.14. The smallest absolute Gasteiger partial charge is 0.127 e. The zero-order valence-corrected chi connectivity index (χ0v) is 12.4. The number of methoxy groups -OCH3 is 1. The summed E-state index contributed by atoms with van der Waals surface area (Å²) in [6, 6.07) is 4.54. The van der Waals surface area contributed by atoms with Crippen LogP contribution in [0.5, 0.6) is 0 Å². The number of halogens is 2. The molecule has 110 valence electrons. The van der Waals surface area contributed by atoms with Crippen molar-refractivity contribution in [2.45, 2.75) is 18.8 Å². The number of fused-ring (bicyclic) bond motifs is 1. The molecule has 0 N–H and O–H groups in total. The Balaban J connectivity index is 2.19. The third-order valence-electron chi connectivity index (χ3n) is 2.99. The van der Waals surface area contributed by atoms with Crippen molar-refractivity contribution in [2.24, 2.45) is 0 Å². The monoisotopic (exact) mass is 300 g/mol. The molecule has 2 rings (SSSR count). The predicted molar refractivity (Wildman–Crippen MR) is 76.7 cm³/mol. The fraction of sp³-hybridized carbons (Fsp3) is 0.500. The molecule has 6 heteroatoms. The van der Waals surface area contributed by atoms with Gasteiger partial charge in [0.1, 0.15) is 11.6 Å². The van der Waals surface area contributed by atoms with Gasteiger partial charge in [-0.1, -0.05) is 0 Å². The Kier molecular flexibility index (Phi) is 5.34. The fourth-order valence-electron chi connectivity index (χ4n) is 2.05. The van der Waals surface area contributed by atoms with Gasteiger partial charge in [0.05, 0.1) is 36.2 Å². The third-order valence-corrected chi connectivity index (χ3v) is 3.18. The molecule has 0 fully saturated rings. The first-order valence-electron chi connectivity index (χ1n) is 6.50. The highest BCUT2D eigenvalue weighted by atomic mass is 35.5. The minimum absolute atomic E-state index is 0.246. The number of benzene rings is 1. The summed E-state index contributed by atoms with van der Waals surface area (Å²) in [6.07, 6.45) is 0. The van der Waals surface area contributed by atoms with E-state index in [9.17, 15) is 4.39 Å². The Morgan fingerprint density at radius 3 is 2.85 bits per heavy atom. The van der Waals surface area contributed by atoms with Crippen LogP contribution < -0.4 is 0 Å². The van der Waals surface area contributed by atoms with Crippen LogP contribution in [0.4, 0.5) is 4.39 Å². The number of aromatic nitrogens is 2. The SMILES string of the molecule is COCCOCCn1c(C(C)Cl)nc2ccc(F)cc21. The lowest BCUT2D eigenvalue weighted by Gasteiger charge is -2.11. The van der Waals surface area contributed by atoms with Gasteiger partial charge in [0, 0.05) is 13.7 Å². The van der Waals surface area contributed by atoms with Crippen LogP contribution in [0.1, 0.15) is 18.1 Å². The number of hydrogen-bond acceptors (Lipinski definition) is 3. The Morgan fingerprint density at radius 1 is 1.35 bits per heavy atom. The van der Waals surface area contributed by atoms with Gasteiger partial charge in [-0.3, -0.25) is 0 Å². The molecule has 0 saturated heterocycles. The first-order valence-corrected chi connectivity index (χ1v) is 6.93. The van der Waals surface area contributed by atoms with Gasteiger partial charge >= 0.3 is 0 Å². The quantitative estimate of drug-likeness (QED) is 0.582. The molecular formula is C14H18ClFN2O2. The van der Waals surface area contributed by atoms with Gasteiger partial charge in [-0.2, -0.15) is 0 Å². The van der Waals surface area contributed by atoms with Crippen LogP contribution in [-0.2, 0) is 16.0 Å². The molecule has 1 aromatic carbocycles. The van der Waals surface area contributed by atoms with Gasteiger partial charge < -0.3 is 14.0 Å². The van der Waals surface area contributed by atoms with Gasteiger partial charge in [0.15, 0.2) is 0 Å². The molecule has 1 atom stereocenters. The van der Waals surface area contributed by atoms with E-state index < -0.39 is 0 Å². The minimum Gasteiger partial charge on any atom is -0.382 e. The van der Waals surface area contributed by atoms with E-state index >= 15 is 0 Å². The van der Waals surface area contributed by atoms with Crippen molar-refractivity contribution < 1.29 is 13.9 Å². The van der Waals surface area contributed by atoms with Gasteiger partial charge in [-0.15, -0.1) is 11.6 Å². The van der Waals surface area contributed by atoms with Crippen LogP contribution in [0.3, 0.4) is 0 Å². The van der Waals surface area contributed by atoms with Crippen molar-refractivity contribution in [1.82, 2.24) is 9.55 Å². The van der Waals surface area contributed by atoms with Crippen molar-refractivity contribution in [3.05, 3.63) is 29.8 Å². The molecular weight excluding hydrogens is 283 g/mol.